The van der Waals surface area contributed by atoms with Gasteiger partial charge in [0.05, 0.1) is 5.01 Å². The van der Waals surface area contributed by atoms with Gasteiger partial charge in [-0.25, -0.2) is 4.98 Å². The van der Waals surface area contributed by atoms with Crippen molar-refractivity contribution in [3.63, 3.8) is 0 Å². The minimum atomic E-state index is 0. The molecule has 2 aromatic heterocycles. The fourth-order valence-electron chi connectivity index (χ4n) is 2.17. The summed E-state index contributed by atoms with van der Waals surface area (Å²) in [4.78, 5) is 8.69. The summed E-state index contributed by atoms with van der Waals surface area (Å²) in [6, 6.07) is 3.85. The standard InChI is InChI=1S/C15H15N3S.ClH/c1-2-12(10-17-7-1)3-4-14-11-19-15(18-14)13-5-8-16-9-6-13;/h1-2,7,10-11,13,16H,5-6,8-9H2;1H. The van der Waals surface area contributed by atoms with Crippen LogP contribution in [-0.2, 0) is 0 Å². The van der Waals surface area contributed by atoms with Gasteiger partial charge in [0.25, 0.3) is 0 Å². The molecule has 1 aliphatic rings. The first-order valence-electron chi connectivity index (χ1n) is 6.50. The number of halogens is 1. The monoisotopic (exact) mass is 305 g/mol. The van der Waals surface area contributed by atoms with Gasteiger partial charge in [-0.1, -0.05) is 5.92 Å². The SMILES string of the molecule is C(#Cc1csc(C2CCNCC2)n1)c1cccnc1.Cl. The van der Waals surface area contributed by atoms with E-state index in [9.17, 15) is 0 Å². The van der Waals surface area contributed by atoms with Crippen molar-refractivity contribution in [2.24, 2.45) is 0 Å². The van der Waals surface area contributed by atoms with Gasteiger partial charge in [-0.05, 0) is 44.0 Å². The summed E-state index contributed by atoms with van der Waals surface area (Å²) < 4.78 is 0. The van der Waals surface area contributed by atoms with E-state index >= 15 is 0 Å². The van der Waals surface area contributed by atoms with E-state index in [1.807, 2.05) is 12.1 Å². The predicted molar refractivity (Wildman–Crippen MR) is 84.4 cm³/mol. The fourth-order valence-corrected chi connectivity index (χ4v) is 3.10. The molecule has 0 saturated carbocycles. The minimum Gasteiger partial charge on any atom is -0.317 e. The van der Waals surface area contributed by atoms with Crippen LogP contribution >= 0.6 is 23.7 Å². The maximum absolute atomic E-state index is 4.65. The van der Waals surface area contributed by atoms with E-state index in [0.29, 0.717) is 5.92 Å². The summed E-state index contributed by atoms with van der Waals surface area (Å²) in [7, 11) is 0. The van der Waals surface area contributed by atoms with E-state index in [1.54, 1.807) is 23.7 Å². The summed E-state index contributed by atoms with van der Waals surface area (Å²) in [6.07, 6.45) is 5.89. The molecule has 1 fully saturated rings. The van der Waals surface area contributed by atoms with E-state index in [0.717, 1.165) is 24.3 Å². The highest BCUT2D eigenvalue weighted by Gasteiger charge is 2.17. The van der Waals surface area contributed by atoms with Gasteiger partial charge >= 0.3 is 0 Å². The Bertz CT molecular complexity index is 594. The van der Waals surface area contributed by atoms with Crippen molar-refractivity contribution < 1.29 is 0 Å². The third kappa shape index (κ3) is 3.80. The molecule has 0 unspecified atom stereocenters. The lowest BCUT2D eigenvalue weighted by Crippen LogP contribution is -2.26. The van der Waals surface area contributed by atoms with E-state index in [4.69, 9.17) is 0 Å². The van der Waals surface area contributed by atoms with Crippen molar-refractivity contribution in [3.05, 3.63) is 46.2 Å². The Kier molecular flexibility index (Phi) is 5.54. The van der Waals surface area contributed by atoms with Crippen molar-refractivity contribution in [1.29, 1.82) is 0 Å². The molecule has 1 saturated heterocycles. The van der Waals surface area contributed by atoms with Crippen LogP contribution in [0.4, 0.5) is 0 Å². The smallest absolute Gasteiger partial charge is 0.124 e. The number of rotatable bonds is 1. The Morgan fingerprint density at radius 1 is 1.25 bits per heavy atom. The Morgan fingerprint density at radius 3 is 2.85 bits per heavy atom. The van der Waals surface area contributed by atoms with Crippen molar-refractivity contribution in [2.75, 3.05) is 13.1 Å². The van der Waals surface area contributed by atoms with E-state index < -0.39 is 0 Å². The molecule has 104 valence electrons. The van der Waals surface area contributed by atoms with Gasteiger partial charge in [-0.2, -0.15) is 0 Å². The van der Waals surface area contributed by atoms with E-state index in [1.165, 1.54) is 17.8 Å². The Labute approximate surface area is 129 Å². The van der Waals surface area contributed by atoms with Crippen LogP contribution in [0.25, 0.3) is 0 Å². The van der Waals surface area contributed by atoms with Gasteiger partial charge in [0, 0.05) is 29.3 Å². The Morgan fingerprint density at radius 2 is 2.10 bits per heavy atom. The maximum Gasteiger partial charge on any atom is 0.124 e. The number of piperidine rings is 1. The average molecular weight is 306 g/mol. The van der Waals surface area contributed by atoms with Crippen LogP contribution in [0.1, 0.15) is 35.0 Å². The number of hydrogen-bond donors (Lipinski definition) is 1. The lowest BCUT2D eigenvalue weighted by Gasteiger charge is -2.20. The van der Waals surface area contributed by atoms with Crippen LogP contribution in [0.2, 0.25) is 0 Å². The van der Waals surface area contributed by atoms with Gasteiger partial charge < -0.3 is 5.32 Å². The van der Waals surface area contributed by atoms with Crippen molar-refractivity contribution in [3.8, 4) is 11.8 Å². The molecular formula is C15H16ClN3S. The van der Waals surface area contributed by atoms with Crippen molar-refractivity contribution in [1.82, 2.24) is 15.3 Å². The summed E-state index contributed by atoms with van der Waals surface area (Å²) in [5, 5.41) is 6.67. The Balaban J connectivity index is 0.00000147. The molecule has 0 amide bonds. The second-order valence-corrected chi connectivity index (χ2v) is 5.48. The molecule has 0 aromatic carbocycles. The lowest BCUT2D eigenvalue weighted by atomic mass is 9.99. The number of pyridine rings is 1. The highest BCUT2D eigenvalue weighted by atomic mass is 35.5. The number of nitrogens with one attached hydrogen (secondary N) is 1. The zero-order valence-electron chi connectivity index (χ0n) is 11.0. The summed E-state index contributed by atoms with van der Waals surface area (Å²) >= 11 is 1.73. The first kappa shape index (κ1) is 15.0. The number of aromatic nitrogens is 2. The molecule has 20 heavy (non-hydrogen) atoms. The second kappa shape index (κ2) is 7.39. The molecule has 0 radical (unpaired) electrons. The Hall–Kier alpha value is -1.41. The van der Waals surface area contributed by atoms with Crippen LogP contribution in [-0.4, -0.2) is 23.1 Å². The van der Waals surface area contributed by atoms with E-state index in [-0.39, 0.29) is 12.4 Å². The molecule has 0 aliphatic carbocycles. The first-order valence-corrected chi connectivity index (χ1v) is 7.38. The van der Waals surface area contributed by atoms with Gasteiger partial charge in [0.1, 0.15) is 5.69 Å². The third-order valence-corrected chi connectivity index (χ3v) is 4.21. The van der Waals surface area contributed by atoms with Crippen LogP contribution in [0.15, 0.2) is 29.9 Å². The lowest BCUT2D eigenvalue weighted by molar-refractivity contribution is 0.459. The van der Waals surface area contributed by atoms with Crippen LogP contribution in [0, 0.1) is 11.8 Å². The molecule has 0 spiro atoms. The minimum absolute atomic E-state index is 0. The predicted octanol–water partition coefficient (Wildman–Crippen LogP) is 2.83. The van der Waals surface area contributed by atoms with Crippen LogP contribution in [0.5, 0.6) is 0 Å². The zero-order chi connectivity index (χ0) is 12.9. The average Bonchev–Trinajstić information content (AvgIpc) is 2.96. The topological polar surface area (TPSA) is 37.8 Å². The zero-order valence-corrected chi connectivity index (χ0v) is 12.6. The normalized spacial score (nSPS) is 15.0. The molecule has 3 heterocycles. The third-order valence-electron chi connectivity index (χ3n) is 3.21. The highest BCUT2D eigenvalue weighted by molar-refractivity contribution is 7.09. The molecule has 0 bridgehead atoms. The van der Waals surface area contributed by atoms with E-state index in [2.05, 4.69) is 32.5 Å². The van der Waals surface area contributed by atoms with Gasteiger partial charge in [0.2, 0.25) is 0 Å². The second-order valence-electron chi connectivity index (χ2n) is 4.59. The quantitative estimate of drug-likeness (QED) is 0.823. The highest BCUT2D eigenvalue weighted by Crippen LogP contribution is 2.27. The maximum atomic E-state index is 4.65. The fraction of sp³-hybridized carbons (Fsp3) is 0.333. The molecule has 2 aromatic rings. The van der Waals surface area contributed by atoms with Crippen molar-refractivity contribution >= 4 is 23.7 Å². The van der Waals surface area contributed by atoms with Crippen LogP contribution in [0.3, 0.4) is 0 Å². The number of nitrogens with zero attached hydrogens (tertiary/aromatic N) is 2. The van der Waals surface area contributed by atoms with Crippen LogP contribution < -0.4 is 5.32 Å². The summed E-state index contributed by atoms with van der Waals surface area (Å²) in [6.45, 7) is 2.20. The largest absolute Gasteiger partial charge is 0.317 e. The number of hydrogen-bond acceptors (Lipinski definition) is 4. The van der Waals surface area contributed by atoms with Gasteiger partial charge in [0.15, 0.2) is 0 Å². The molecule has 0 atom stereocenters. The van der Waals surface area contributed by atoms with Gasteiger partial charge in [-0.3, -0.25) is 4.98 Å². The van der Waals surface area contributed by atoms with Crippen molar-refractivity contribution in [2.45, 2.75) is 18.8 Å². The molecular weight excluding hydrogens is 290 g/mol. The van der Waals surface area contributed by atoms with Gasteiger partial charge in [-0.15, -0.1) is 23.7 Å². The number of thiazole rings is 1. The summed E-state index contributed by atoms with van der Waals surface area (Å²) in [5.41, 5.74) is 1.81. The first-order chi connectivity index (χ1) is 9.42. The molecule has 5 heteroatoms. The molecule has 1 N–H and O–H groups in total. The summed E-state index contributed by atoms with van der Waals surface area (Å²) in [5.74, 6) is 6.82. The molecule has 3 rings (SSSR count). The molecule has 1 aliphatic heterocycles. The molecule has 3 nitrogen and oxygen atoms in total.